The van der Waals surface area contributed by atoms with Gasteiger partial charge in [0.1, 0.15) is 11.6 Å². The number of pyridine rings is 1. The van der Waals surface area contributed by atoms with Crippen LogP contribution in [0.5, 0.6) is 5.75 Å². The number of H-pyrrole nitrogens is 1. The van der Waals surface area contributed by atoms with E-state index < -0.39 is 18.3 Å². The zero-order chi connectivity index (χ0) is 21.7. The minimum atomic E-state index is -0.608. The third-order valence-corrected chi connectivity index (χ3v) is 6.15. The number of nitriles is 1. The van der Waals surface area contributed by atoms with Crippen molar-refractivity contribution >= 4 is 23.6 Å². The predicted molar refractivity (Wildman–Crippen MR) is 115 cm³/mol. The molecule has 4 rings (SSSR count). The van der Waals surface area contributed by atoms with Crippen molar-refractivity contribution in [1.82, 2.24) is 9.55 Å². The predicted octanol–water partition coefficient (Wildman–Crippen LogP) is 2.98. The first kappa shape index (κ1) is 20.3. The van der Waals surface area contributed by atoms with Crippen molar-refractivity contribution in [2.24, 2.45) is 0 Å². The van der Waals surface area contributed by atoms with Crippen molar-refractivity contribution in [3.8, 4) is 17.5 Å². The number of hydrogen-bond donors (Lipinski definition) is 2. The molecule has 154 valence electrons. The summed E-state index contributed by atoms with van der Waals surface area (Å²) in [7, 11) is -0.457. The number of fused-ring (bicyclic) bond motifs is 1. The second-order valence-electron chi connectivity index (χ2n) is 8.39. The van der Waals surface area contributed by atoms with E-state index in [1.807, 2.05) is 24.3 Å². The van der Waals surface area contributed by atoms with Crippen molar-refractivity contribution in [1.29, 1.82) is 5.26 Å². The van der Waals surface area contributed by atoms with Crippen LogP contribution in [0.25, 0.3) is 16.7 Å². The molecule has 0 aliphatic carbocycles. The van der Waals surface area contributed by atoms with Crippen LogP contribution in [-0.2, 0) is 9.31 Å². The monoisotopic (exact) mass is 405 g/mol. The van der Waals surface area contributed by atoms with E-state index in [1.54, 1.807) is 22.9 Å². The molecule has 1 atom stereocenters. The van der Waals surface area contributed by atoms with Crippen molar-refractivity contribution in [3.63, 3.8) is 0 Å². The van der Waals surface area contributed by atoms with Crippen LogP contribution in [0.3, 0.4) is 0 Å². The number of rotatable bonds is 4. The van der Waals surface area contributed by atoms with Crippen LogP contribution in [0.2, 0.25) is 0 Å². The summed E-state index contributed by atoms with van der Waals surface area (Å²) in [5.41, 5.74) is 0.825. The average Bonchev–Trinajstić information content (AvgIpc) is 3.21. The summed E-state index contributed by atoms with van der Waals surface area (Å²) in [6.45, 7) is 8.33. The van der Waals surface area contributed by atoms with E-state index in [-0.39, 0.29) is 16.9 Å². The van der Waals surface area contributed by atoms with Crippen LogP contribution in [0.1, 0.15) is 46.1 Å². The smallest absolute Gasteiger partial charge is 0.494 e. The zero-order valence-electron chi connectivity index (χ0n) is 17.5. The molecule has 1 aliphatic rings. The lowest BCUT2D eigenvalue weighted by molar-refractivity contribution is -0.0159. The SMILES string of the molecule is CCCC1(C)OB(c2ccc(-n3ccc4[nH]c(=O)c(C#N)c(O)c43)cc2)OC1(C)C. The third-order valence-electron chi connectivity index (χ3n) is 6.15. The quantitative estimate of drug-likeness (QED) is 0.650. The largest absolute Gasteiger partial charge is 0.504 e. The third kappa shape index (κ3) is 3.02. The van der Waals surface area contributed by atoms with Crippen LogP contribution in [0.15, 0.2) is 41.3 Å². The van der Waals surface area contributed by atoms with E-state index in [0.29, 0.717) is 11.0 Å². The van der Waals surface area contributed by atoms with Gasteiger partial charge in [-0.15, -0.1) is 0 Å². The molecule has 7 nitrogen and oxygen atoms in total. The summed E-state index contributed by atoms with van der Waals surface area (Å²) in [5, 5.41) is 19.6. The van der Waals surface area contributed by atoms with Gasteiger partial charge in [0, 0.05) is 11.9 Å². The van der Waals surface area contributed by atoms with Crippen LogP contribution in [0.4, 0.5) is 0 Å². The minimum absolute atomic E-state index is 0.302. The molecule has 1 aromatic carbocycles. The Labute approximate surface area is 175 Å². The van der Waals surface area contributed by atoms with Crippen molar-refractivity contribution in [2.45, 2.75) is 51.7 Å². The fourth-order valence-corrected chi connectivity index (χ4v) is 4.06. The molecule has 3 aromatic rings. The maximum Gasteiger partial charge on any atom is 0.494 e. The van der Waals surface area contributed by atoms with E-state index >= 15 is 0 Å². The highest BCUT2D eigenvalue weighted by atomic mass is 16.7. The van der Waals surface area contributed by atoms with Crippen molar-refractivity contribution in [2.75, 3.05) is 0 Å². The lowest BCUT2D eigenvalue weighted by atomic mass is 9.79. The molecule has 0 radical (unpaired) electrons. The van der Waals surface area contributed by atoms with Gasteiger partial charge in [-0.1, -0.05) is 25.5 Å². The van der Waals surface area contributed by atoms with Gasteiger partial charge in [-0.2, -0.15) is 5.26 Å². The van der Waals surface area contributed by atoms with Gasteiger partial charge in [0.25, 0.3) is 5.56 Å². The van der Waals surface area contributed by atoms with Crippen molar-refractivity contribution in [3.05, 3.63) is 52.4 Å². The lowest BCUT2D eigenvalue weighted by Crippen LogP contribution is -2.44. The molecule has 1 unspecified atom stereocenters. The zero-order valence-corrected chi connectivity index (χ0v) is 17.5. The number of hydrogen-bond acceptors (Lipinski definition) is 5. The van der Waals surface area contributed by atoms with E-state index in [0.717, 1.165) is 24.0 Å². The summed E-state index contributed by atoms with van der Waals surface area (Å²) in [6.07, 6.45) is 3.65. The molecule has 3 heterocycles. The normalized spacial score (nSPS) is 20.6. The fraction of sp³-hybridized carbons (Fsp3) is 0.364. The molecule has 1 fully saturated rings. The molecule has 0 amide bonds. The molecule has 1 aliphatic heterocycles. The first-order valence-corrected chi connectivity index (χ1v) is 10.0. The van der Waals surface area contributed by atoms with Crippen LogP contribution < -0.4 is 11.0 Å². The summed E-state index contributed by atoms with van der Waals surface area (Å²) < 4.78 is 14.3. The summed E-state index contributed by atoms with van der Waals surface area (Å²) in [5.74, 6) is -0.329. The van der Waals surface area contributed by atoms with Gasteiger partial charge in [0.15, 0.2) is 11.3 Å². The summed E-state index contributed by atoms with van der Waals surface area (Å²) in [4.78, 5) is 14.5. The molecular weight excluding hydrogens is 381 g/mol. The molecule has 0 spiro atoms. The van der Waals surface area contributed by atoms with Gasteiger partial charge in [0.2, 0.25) is 0 Å². The standard InChI is InChI=1S/C22H24BN3O4/c1-5-11-22(4)21(2,3)29-23(30-22)14-6-8-15(9-7-14)26-12-10-17-18(26)19(27)16(13-24)20(28)25-17/h6-10,12H,5,11H2,1-4H3,(H2,25,27,28). The number of nitrogens with one attached hydrogen (secondary N) is 1. The van der Waals surface area contributed by atoms with Crippen LogP contribution in [-0.4, -0.2) is 33.0 Å². The van der Waals surface area contributed by atoms with E-state index in [1.165, 1.54) is 0 Å². The Hall–Kier alpha value is -3.02. The Morgan fingerprint density at radius 1 is 1.20 bits per heavy atom. The highest BCUT2D eigenvalue weighted by Crippen LogP contribution is 2.40. The molecule has 8 heteroatoms. The first-order chi connectivity index (χ1) is 14.2. The van der Waals surface area contributed by atoms with Gasteiger partial charge >= 0.3 is 7.12 Å². The summed E-state index contributed by atoms with van der Waals surface area (Å²) >= 11 is 0. The van der Waals surface area contributed by atoms with Crippen molar-refractivity contribution < 1.29 is 14.4 Å². The molecule has 2 aromatic heterocycles. The summed E-state index contributed by atoms with van der Waals surface area (Å²) in [6, 6.07) is 11.1. The number of nitrogens with zero attached hydrogens (tertiary/aromatic N) is 2. The Balaban J connectivity index is 1.69. The molecule has 30 heavy (non-hydrogen) atoms. The number of benzene rings is 1. The van der Waals surface area contributed by atoms with Gasteiger partial charge in [0.05, 0.1) is 16.7 Å². The number of aromatic nitrogens is 2. The average molecular weight is 405 g/mol. The molecule has 1 saturated heterocycles. The lowest BCUT2D eigenvalue weighted by Gasteiger charge is -2.36. The Kier molecular flexibility index (Phi) is 4.76. The first-order valence-electron chi connectivity index (χ1n) is 10.0. The second kappa shape index (κ2) is 7.04. The molecule has 0 saturated carbocycles. The Bertz CT molecular complexity index is 1210. The van der Waals surface area contributed by atoms with Gasteiger partial charge in [-0.05, 0) is 50.9 Å². The maximum absolute atomic E-state index is 11.9. The van der Waals surface area contributed by atoms with Crippen LogP contribution >= 0.6 is 0 Å². The number of aromatic hydroxyl groups is 1. The maximum atomic E-state index is 11.9. The molecule has 2 N–H and O–H groups in total. The van der Waals surface area contributed by atoms with E-state index in [2.05, 4.69) is 32.7 Å². The van der Waals surface area contributed by atoms with E-state index in [4.69, 9.17) is 9.31 Å². The topological polar surface area (TPSA) is 100 Å². The van der Waals surface area contributed by atoms with Gasteiger partial charge in [-0.3, -0.25) is 4.79 Å². The molecular formula is C22H24BN3O4. The number of aromatic amines is 1. The Morgan fingerprint density at radius 3 is 2.53 bits per heavy atom. The second-order valence-corrected chi connectivity index (χ2v) is 8.39. The Morgan fingerprint density at radius 2 is 1.90 bits per heavy atom. The van der Waals surface area contributed by atoms with E-state index in [9.17, 15) is 15.2 Å². The minimum Gasteiger partial charge on any atom is -0.504 e. The van der Waals surface area contributed by atoms with Crippen LogP contribution in [0, 0.1) is 11.3 Å². The highest BCUT2D eigenvalue weighted by Gasteiger charge is 2.53. The van der Waals surface area contributed by atoms with Gasteiger partial charge in [-0.25, -0.2) is 0 Å². The highest BCUT2D eigenvalue weighted by molar-refractivity contribution is 6.62. The molecule has 0 bridgehead atoms. The van der Waals surface area contributed by atoms with Gasteiger partial charge < -0.3 is 24.0 Å². The fourth-order valence-electron chi connectivity index (χ4n) is 4.06.